The summed E-state index contributed by atoms with van der Waals surface area (Å²) in [6.45, 7) is 6.66. The van der Waals surface area contributed by atoms with E-state index in [0.717, 1.165) is 5.56 Å². The number of hydrogen-bond donors (Lipinski definition) is 0. The van der Waals surface area contributed by atoms with E-state index in [0.29, 0.717) is 17.4 Å². The van der Waals surface area contributed by atoms with Crippen LogP contribution in [0.25, 0.3) is 11.1 Å². The maximum absolute atomic E-state index is 13.7. The van der Waals surface area contributed by atoms with E-state index < -0.39 is 0 Å². The maximum atomic E-state index is 13.7. The summed E-state index contributed by atoms with van der Waals surface area (Å²) in [5, 5.41) is 0. The quantitative estimate of drug-likeness (QED) is 0.689. The van der Waals surface area contributed by atoms with Gasteiger partial charge in [-0.25, -0.2) is 4.39 Å². The van der Waals surface area contributed by atoms with Crippen molar-refractivity contribution in [3.63, 3.8) is 0 Å². The molecule has 1 heteroatoms. The molecule has 0 aliphatic heterocycles. The molecule has 0 aliphatic rings. The van der Waals surface area contributed by atoms with Crippen LogP contribution in [-0.4, -0.2) is 0 Å². The van der Waals surface area contributed by atoms with Gasteiger partial charge in [-0.05, 0) is 29.0 Å². The third-order valence-electron chi connectivity index (χ3n) is 3.62. The van der Waals surface area contributed by atoms with E-state index in [1.165, 1.54) is 11.6 Å². The summed E-state index contributed by atoms with van der Waals surface area (Å²) >= 11 is 0. The van der Waals surface area contributed by atoms with Gasteiger partial charge >= 0.3 is 0 Å². The van der Waals surface area contributed by atoms with Crippen molar-refractivity contribution >= 4 is 0 Å². The molecular weight excluding hydrogens is 223 g/mol. The highest BCUT2D eigenvalue weighted by Crippen LogP contribution is 2.27. The summed E-state index contributed by atoms with van der Waals surface area (Å²) in [7, 11) is 0. The molecule has 2 aromatic carbocycles. The maximum Gasteiger partial charge on any atom is 0.131 e. The highest BCUT2D eigenvalue weighted by molar-refractivity contribution is 5.64. The first-order chi connectivity index (χ1) is 8.59. The molecule has 0 heterocycles. The monoisotopic (exact) mass is 242 g/mol. The topological polar surface area (TPSA) is 0 Å². The summed E-state index contributed by atoms with van der Waals surface area (Å²) < 4.78 is 13.7. The van der Waals surface area contributed by atoms with Crippen LogP contribution in [0.2, 0.25) is 0 Å². The third-order valence-corrected chi connectivity index (χ3v) is 3.62. The zero-order valence-corrected chi connectivity index (χ0v) is 11.2. The molecule has 0 N–H and O–H groups in total. The number of halogens is 1. The van der Waals surface area contributed by atoms with Gasteiger partial charge < -0.3 is 0 Å². The molecule has 2 aromatic rings. The van der Waals surface area contributed by atoms with E-state index in [9.17, 15) is 4.39 Å². The average Bonchev–Trinajstić information content (AvgIpc) is 2.38. The Labute approximate surface area is 108 Å². The number of rotatable bonds is 3. The normalized spacial score (nSPS) is 12.7. The Bertz CT molecular complexity index is 511. The van der Waals surface area contributed by atoms with Gasteiger partial charge in [0.1, 0.15) is 5.82 Å². The van der Waals surface area contributed by atoms with Gasteiger partial charge in [0.05, 0.1) is 0 Å². The van der Waals surface area contributed by atoms with E-state index in [1.54, 1.807) is 6.07 Å². The molecule has 1 unspecified atom stereocenters. The van der Waals surface area contributed by atoms with Crippen LogP contribution in [-0.2, 0) is 0 Å². The van der Waals surface area contributed by atoms with E-state index in [1.807, 2.05) is 24.3 Å². The molecule has 2 rings (SSSR count). The number of benzene rings is 2. The Kier molecular flexibility index (Phi) is 3.81. The lowest BCUT2D eigenvalue weighted by molar-refractivity contribution is 0.535. The standard InChI is InChI=1S/C17H19F/c1-12(2)13(3)14-8-10-15(11-9-14)16-6-4-5-7-17(16)18/h4-13H,1-3H3. The van der Waals surface area contributed by atoms with Crippen LogP contribution in [0.1, 0.15) is 32.3 Å². The Morgan fingerprint density at radius 1 is 0.833 bits per heavy atom. The largest absolute Gasteiger partial charge is 0.206 e. The molecule has 0 nitrogen and oxygen atoms in total. The third kappa shape index (κ3) is 2.61. The fourth-order valence-electron chi connectivity index (χ4n) is 2.05. The Morgan fingerprint density at radius 2 is 1.44 bits per heavy atom. The van der Waals surface area contributed by atoms with Gasteiger partial charge in [0.25, 0.3) is 0 Å². The van der Waals surface area contributed by atoms with Gasteiger partial charge in [0, 0.05) is 5.56 Å². The molecule has 0 aliphatic carbocycles. The Hall–Kier alpha value is -1.63. The Balaban J connectivity index is 2.31. The highest BCUT2D eigenvalue weighted by atomic mass is 19.1. The van der Waals surface area contributed by atoms with Crippen molar-refractivity contribution in [3.05, 3.63) is 59.9 Å². The molecule has 0 aromatic heterocycles. The van der Waals surface area contributed by atoms with Crippen molar-refractivity contribution < 1.29 is 4.39 Å². The number of hydrogen-bond acceptors (Lipinski definition) is 0. The lowest BCUT2D eigenvalue weighted by atomic mass is 9.89. The molecule has 0 spiro atoms. The van der Waals surface area contributed by atoms with Crippen LogP contribution in [0.4, 0.5) is 4.39 Å². The summed E-state index contributed by atoms with van der Waals surface area (Å²) in [5.74, 6) is 0.978. The van der Waals surface area contributed by atoms with Crippen LogP contribution in [0.3, 0.4) is 0 Å². The first-order valence-corrected chi connectivity index (χ1v) is 6.44. The second-order valence-electron chi connectivity index (χ2n) is 5.13. The van der Waals surface area contributed by atoms with Crippen LogP contribution in [0.15, 0.2) is 48.5 Å². The fraction of sp³-hybridized carbons (Fsp3) is 0.294. The van der Waals surface area contributed by atoms with Gasteiger partial charge in [-0.3, -0.25) is 0 Å². The molecule has 0 bridgehead atoms. The van der Waals surface area contributed by atoms with Crippen molar-refractivity contribution in [2.24, 2.45) is 5.92 Å². The van der Waals surface area contributed by atoms with E-state index >= 15 is 0 Å². The predicted octanol–water partition coefficient (Wildman–Crippen LogP) is 5.25. The van der Waals surface area contributed by atoms with Crippen molar-refractivity contribution in [2.45, 2.75) is 26.7 Å². The summed E-state index contributed by atoms with van der Waals surface area (Å²) in [6, 6.07) is 15.1. The minimum absolute atomic E-state index is 0.165. The molecule has 0 saturated carbocycles. The minimum Gasteiger partial charge on any atom is -0.206 e. The molecule has 94 valence electrons. The van der Waals surface area contributed by atoms with E-state index in [-0.39, 0.29) is 5.82 Å². The van der Waals surface area contributed by atoms with Crippen LogP contribution >= 0.6 is 0 Å². The van der Waals surface area contributed by atoms with Gasteiger partial charge in [0.15, 0.2) is 0 Å². The minimum atomic E-state index is -0.165. The molecule has 0 fully saturated rings. The van der Waals surface area contributed by atoms with Gasteiger partial charge in [-0.15, -0.1) is 0 Å². The van der Waals surface area contributed by atoms with E-state index in [4.69, 9.17) is 0 Å². The molecule has 1 atom stereocenters. The predicted molar refractivity (Wildman–Crippen MR) is 75.1 cm³/mol. The van der Waals surface area contributed by atoms with Crippen LogP contribution in [0, 0.1) is 11.7 Å². The molecule has 0 saturated heterocycles. The fourth-order valence-corrected chi connectivity index (χ4v) is 2.05. The van der Waals surface area contributed by atoms with Crippen LogP contribution < -0.4 is 0 Å². The van der Waals surface area contributed by atoms with E-state index in [2.05, 4.69) is 32.9 Å². The first kappa shape index (κ1) is 12.8. The smallest absolute Gasteiger partial charge is 0.131 e. The van der Waals surface area contributed by atoms with Crippen molar-refractivity contribution in [3.8, 4) is 11.1 Å². The molecule has 0 amide bonds. The first-order valence-electron chi connectivity index (χ1n) is 6.44. The van der Waals surface area contributed by atoms with Crippen molar-refractivity contribution in [1.82, 2.24) is 0 Å². The van der Waals surface area contributed by atoms with Crippen molar-refractivity contribution in [2.75, 3.05) is 0 Å². The second kappa shape index (κ2) is 5.34. The summed E-state index contributed by atoms with van der Waals surface area (Å²) in [5.41, 5.74) is 2.92. The van der Waals surface area contributed by atoms with Crippen LogP contribution in [0.5, 0.6) is 0 Å². The average molecular weight is 242 g/mol. The highest BCUT2D eigenvalue weighted by Gasteiger charge is 2.10. The van der Waals surface area contributed by atoms with Gasteiger partial charge in [-0.1, -0.05) is 63.2 Å². The zero-order chi connectivity index (χ0) is 13.1. The molecular formula is C17H19F. The summed E-state index contributed by atoms with van der Waals surface area (Å²) in [4.78, 5) is 0. The molecule has 0 radical (unpaired) electrons. The Morgan fingerprint density at radius 3 is 2.00 bits per heavy atom. The second-order valence-corrected chi connectivity index (χ2v) is 5.13. The zero-order valence-electron chi connectivity index (χ0n) is 11.2. The lowest BCUT2D eigenvalue weighted by Crippen LogP contribution is -2.01. The lowest BCUT2D eigenvalue weighted by Gasteiger charge is -2.16. The van der Waals surface area contributed by atoms with Crippen molar-refractivity contribution in [1.29, 1.82) is 0 Å². The summed E-state index contributed by atoms with van der Waals surface area (Å²) in [6.07, 6.45) is 0. The van der Waals surface area contributed by atoms with Gasteiger partial charge in [-0.2, -0.15) is 0 Å². The SMILES string of the molecule is CC(C)C(C)c1ccc(-c2ccccc2F)cc1. The molecule has 18 heavy (non-hydrogen) atoms. The van der Waals surface area contributed by atoms with Gasteiger partial charge in [0.2, 0.25) is 0 Å².